The number of benzene rings is 1. The molecule has 0 atom stereocenters. The molecule has 1 amide bonds. The summed E-state index contributed by atoms with van der Waals surface area (Å²) in [5.74, 6) is 1.02. The molecule has 0 saturated carbocycles. The predicted octanol–water partition coefficient (Wildman–Crippen LogP) is 1.20. The van der Waals surface area contributed by atoms with Gasteiger partial charge in [0, 0.05) is 13.1 Å². The van der Waals surface area contributed by atoms with Gasteiger partial charge in [-0.05, 0) is 38.6 Å². The molecule has 0 aliphatic carbocycles. The second kappa shape index (κ2) is 5.84. The lowest BCUT2D eigenvalue weighted by atomic mass is 10.2. The summed E-state index contributed by atoms with van der Waals surface area (Å²) in [6.45, 7) is 5.92. The van der Waals surface area contributed by atoms with Crippen molar-refractivity contribution < 1.29 is 4.79 Å². The maximum Gasteiger partial charge on any atom is 0.234 e. The lowest BCUT2D eigenvalue weighted by Gasteiger charge is -2.05. The summed E-state index contributed by atoms with van der Waals surface area (Å²) < 4.78 is 2.18. The number of carbonyl (C=O) groups excluding carboxylic acids is 1. The summed E-state index contributed by atoms with van der Waals surface area (Å²) in [5, 5.41) is 5.69. The lowest BCUT2D eigenvalue weighted by molar-refractivity contribution is -0.120. The van der Waals surface area contributed by atoms with E-state index in [2.05, 4.69) is 33.2 Å². The zero-order valence-corrected chi connectivity index (χ0v) is 11.7. The van der Waals surface area contributed by atoms with Crippen molar-refractivity contribution in [2.45, 2.75) is 26.9 Å². The summed E-state index contributed by atoms with van der Waals surface area (Å²) in [6.07, 6.45) is 0. The zero-order chi connectivity index (χ0) is 13.8. The Balaban J connectivity index is 2.16. The minimum Gasteiger partial charge on any atom is -0.351 e. The highest BCUT2D eigenvalue weighted by atomic mass is 16.1. The topological polar surface area (TPSA) is 59.0 Å². The van der Waals surface area contributed by atoms with E-state index in [0.29, 0.717) is 13.1 Å². The quantitative estimate of drug-likeness (QED) is 0.849. The average molecular weight is 260 g/mol. The van der Waals surface area contributed by atoms with E-state index in [1.807, 2.05) is 19.1 Å². The lowest BCUT2D eigenvalue weighted by Crippen LogP contribution is -2.31. The van der Waals surface area contributed by atoms with Crippen LogP contribution < -0.4 is 10.6 Å². The van der Waals surface area contributed by atoms with E-state index < -0.39 is 0 Å². The largest absolute Gasteiger partial charge is 0.351 e. The number of fused-ring (bicyclic) bond motifs is 1. The number of imidazole rings is 1. The molecule has 5 heteroatoms. The Morgan fingerprint density at radius 3 is 2.89 bits per heavy atom. The standard InChI is InChI=1S/C14H20N4O/c1-4-18-10(2)17-12-7-11(5-6-13(12)18)8-16-14(19)9-15-3/h5-7,15H,4,8-9H2,1-3H3,(H,16,19). The van der Waals surface area contributed by atoms with Crippen LogP contribution in [0.4, 0.5) is 0 Å². The third-order valence-electron chi connectivity index (χ3n) is 3.15. The molecule has 0 radical (unpaired) electrons. The van der Waals surface area contributed by atoms with Crippen LogP contribution in [0.2, 0.25) is 0 Å². The number of amides is 1. The second-order valence-corrected chi connectivity index (χ2v) is 4.53. The number of aryl methyl sites for hydroxylation is 2. The van der Waals surface area contributed by atoms with E-state index in [0.717, 1.165) is 29.0 Å². The molecule has 2 N–H and O–H groups in total. The van der Waals surface area contributed by atoms with Crippen LogP contribution in [0.3, 0.4) is 0 Å². The summed E-state index contributed by atoms with van der Waals surface area (Å²) in [5.41, 5.74) is 3.20. The summed E-state index contributed by atoms with van der Waals surface area (Å²) in [6, 6.07) is 6.14. The molecule has 0 fully saturated rings. The highest BCUT2D eigenvalue weighted by molar-refractivity contribution is 5.79. The van der Waals surface area contributed by atoms with Crippen molar-refractivity contribution in [2.75, 3.05) is 13.6 Å². The minimum atomic E-state index is -0.00198. The van der Waals surface area contributed by atoms with Crippen molar-refractivity contribution in [3.05, 3.63) is 29.6 Å². The number of aromatic nitrogens is 2. The fraction of sp³-hybridized carbons (Fsp3) is 0.429. The van der Waals surface area contributed by atoms with Crippen LogP contribution in [-0.4, -0.2) is 29.1 Å². The van der Waals surface area contributed by atoms with Gasteiger partial charge < -0.3 is 15.2 Å². The SMILES string of the molecule is CCn1c(C)nc2cc(CNC(=O)CNC)ccc21. The molecule has 1 heterocycles. The predicted molar refractivity (Wildman–Crippen MR) is 75.9 cm³/mol. The third kappa shape index (κ3) is 2.93. The molecular weight excluding hydrogens is 240 g/mol. The first-order valence-electron chi connectivity index (χ1n) is 6.52. The van der Waals surface area contributed by atoms with Crippen molar-refractivity contribution in [1.82, 2.24) is 20.2 Å². The minimum absolute atomic E-state index is 0.00198. The fourth-order valence-corrected chi connectivity index (χ4v) is 2.23. The van der Waals surface area contributed by atoms with Gasteiger partial charge in [0.2, 0.25) is 5.91 Å². The van der Waals surface area contributed by atoms with Crippen LogP contribution in [0.5, 0.6) is 0 Å². The van der Waals surface area contributed by atoms with Crippen molar-refractivity contribution in [3.63, 3.8) is 0 Å². The molecule has 102 valence electrons. The van der Waals surface area contributed by atoms with Crippen LogP contribution in [0, 0.1) is 6.92 Å². The van der Waals surface area contributed by atoms with Crippen molar-refractivity contribution in [2.24, 2.45) is 0 Å². The Hall–Kier alpha value is -1.88. The van der Waals surface area contributed by atoms with E-state index in [1.165, 1.54) is 0 Å². The molecule has 0 unspecified atom stereocenters. The maximum absolute atomic E-state index is 11.4. The molecule has 2 rings (SSSR count). The van der Waals surface area contributed by atoms with Crippen LogP contribution >= 0.6 is 0 Å². The molecule has 2 aromatic rings. The van der Waals surface area contributed by atoms with E-state index in [9.17, 15) is 4.79 Å². The molecule has 19 heavy (non-hydrogen) atoms. The first kappa shape index (κ1) is 13.5. The van der Waals surface area contributed by atoms with Crippen molar-refractivity contribution >= 4 is 16.9 Å². The Morgan fingerprint density at radius 2 is 2.21 bits per heavy atom. The zero-order valence-electron chi connectivity index (χ0n) is 11.7. The second-order valence-electron chi connectivity index (χ2n) is 4.53. The molecule has 0 bridgehead atoms. The van der Waals surface area contributed by atoms with Gasteiger partial charge in [-0.2, -0.15) is 0 Å². The van der Waals surface area contributed by atoms with Gasteiger partial charge in [0.15, 0.2) is 0 Å². The van der Waals surface area contributed by atoms with Crippen LogP contribution in [0.15, 0.2) is 18.2 Å². The van der Waals surface area contributed by atoms with Crippen molar-refractivity contribution in [1.29, 1.82) is 0 Å². The third-order valence-corrected chi connectivity index (χ3v) is 3.15. The molecular formula is C14H20N4O. The monoisotopic (exact) mass is 260 g/mol. The number of nitrogens with one attached hydrogen (secondary N) is 2. The van der Waals surface area contributed by atoms with Gasteiger partial charge in [-0.15, -0.1) is 0 Å². The Bertz CT molecular complexity index is 588. The number of rotatable bonds is 5. The Morgan fingerprint density at radius 1 is 1.42 bits per heavy atom. The van der Waals surface area contributed by atoms with Crippen molar-refractivity contribution in [3.8, 4) is 0 Å². The first-order valence-corrected chi connectivity index (χ1v) is 6.52. The highest BCUT2D eigenvalue weighted by Crippen LogP contribution is 2.17. The first-order chi connectivity index (χ1) is 9.15. The van der Waals surface area contributed by atoms with E-state index in [-0.39, 0.29) is 5.91 Å². The average Bonchev–Trinajstić information content (AvgIpc) is 2.71. The number of nitrogens with zero attached hydrogens (tertiary/aromatic N) is 2. The van der Waals surface area contributed by atoms with Crippen LogP contribution in [0.25, 0.3) is 11.0 Å². The molecule has 1 aromatic heterocycles. The Labute approximate surface area is 113 Å². The smallest absolute Gasteiger partial charge is 0.234 e. The molecule has 5 nitrogen and oxygen atoms in total. The number of carbonyl (C=O) groups is 1. The van der Waals surface area contributed by atoms with E-state index in [4.69, 9.17) is 0 Å². The van der Waals surface area contributed by atoms with E-state index in [1.54, 1.807) is 7.05 Å². The highest BCUT2D eigenvalue weighted by Gasteiger charge is 2.07. The van der Waals surface area contributed by atoms with Gasteiger partial charge in [0.1, 0.15) is 5.82 Å². The van der Waals surface area contributed by atoms with Gasteiger partial charge in [-0.25, -0.2) is 4.98 Å². The van der Waals surface area contributed by atoms with E-state index >= 15 is 0 Å². The molecule has 0 aliphatic rings. The van der Waals surface area contributed by atoms with Crippen LogP contribution in [0.1, 0.15) is 18.3 Å². The normalized spacial score (nSPS) is 10.9. The fourth-order valence-electron chi connectivity index (χ4n) is 2.23. The van der Waals surface area contributed by atoms with Gasteiger partial charge in [-0.3, -0.25) is 4.79 Å². The van der Waals surface area contributed by atoms with Gasteiger partial charge in [0.05, 0.1) is 17.6 Å². The number of hydrogen-bond acceptors (Lipinski definition) is 3. The molecule has 0 spiro atoms. The summed E-state index contributed by atoms with van der Waals surface area (Å²) in [7, 11) is 1.76. The molecule has 0 aliphatic heterocycles. The summed E-state index contributed by atoms with van der Waals surface area (Å²) >= 11 is 0. The molecule has 1 aromatic carbocycles. The van der Waals surface area contributed by atoms with Gasteiger partial charge in [0.25, 0.3) is 0 Å². The Kier molecular flexibility index (Phi) is 4.16. The van der Waals surface area contributed by atoms with Gasteiger partial charge in [-0.1, -0.05) is 6.07 Å². The number of hydrogen-bond donors (Lipinski definition) is 2. The number of likely N-dealkylation sites (N-methyl/N-ethyl adjacent to an activating group) is 1. The maximum atomic E-state index is 11.4. The van der Waals surface area contributed by atoms with Gasteiger partial charge >= 0.3 is 0 Å². The van der Waals surface area contributed by atoms with Crippen LogP contribution in [-0.2, 0) is 17.9 Å². The summed E-state index contributed by atoms with van der Waals surface area (Å²) in [4.78, 5) is 15.9. The molecule has 0 saturated heterocycles.